The number of nitrogens with zero attached hydrogens (tertiary/aromatic N) is 3. The van der Waals surface area contributed by atoms with Crippen molar-refractivity contribution in [2.45, 2.75) is 59.3 Å². The average Bonchev–Trinajstić information content (AvgIpc) is 2.92. The number of anilines is 1. The van der Waals surface area contributed by atoms with Gasteiger partial charge in [0.25, 0.3) is 0 Å². The van der Waals surface area contributed by atoms with Gasteiger partial charge in [-0.05, 0) is 30.6 Å². The molecule has 1 aromatic rings. The summed E-state index contributed by atoms with van der Waals surface area (Å²) in [7, 11) is 0. The summed E-state index contributed by atoms with van der Waals surface area (Å²) in [5.74, 6) is 1.46. The Hall–Kier alpha value is -1.59. The molecule has 0 bridgehead atoms. The van der Waals surface area contributed by atoms with Gasteiger partial charge in [-0.2, -0.15) is 0 Å². The number of piperidine rings is 1. The van der Waals surface area contributed by atoms with Gasteiger partial charge in [0, 0.05) is 27.4 Å². The first-order valence-electron chi connectivity index (χ1n) is 8.30. The number of carbonyl (C=O) groups excluding carboxylic acids is 1. The summed E-state index contributed by atoms with van der Waals surface area (Å²) in [6, 6.07) is 0.0849. The zero-order valence-electron chi connectivity index (χ0n) is 14.0. The highest BCUT2D eigenvalue weighted by Gasteiger charge is 2.35. The molecular weight excluding hydrogens is 280 g/mol. The Labute approximate surface area is 133 Å². The zero-order chi connectivity index (χ0) is 16.2. The number of hydrogen-bond donors (Lipinski definition) is 1. The van der Waals surface area contributed by atoms with Crippen molar-refractivity contribution in [1.29, 1.82) is 0 Å². The molecule has 0 radical (unpaired) electrons. The van der Waals surface area contributed by atoms with Crippen LogP contribution in [0.2, 0.25) is 0 Å². The van der Waals surface area contributed by atoms with Crippen LogP contribution in [-0.2, 0) is 11.2 Å². The first-order chi connectivity index (χ1) is 10.4. The van der Waals surface area contributed by atoms with Crippen molar-refractivity contribution in [3.63, 3.8) is 0 Å². The maximum Gasteiger partial charge on any atom is 0.312 e. The normalized spacial score (nSPS) is 19.1. The van der Waals surface area contributed by atoms with Crippen molar-refractivity contribution in [1.82, 2.24) is 15.1 Å². The van der Waals surface area contributed by atoms with Crippen molar-refractivity contribution in [2.24, 2.45) is 11.3 Å². The smallest absolute Gasteiger partial charge is 0.312 e. The molecule has 2 heterocycles. The molecule has 0 aliphatic carbocycles. The molecule has 6 heteroatoms. The van der Waals surface area contributed by atoms with Crippen molar-refractivity contribution in [3.05, 3.63) is 5.89 Å². The molecule has 0 aromatic carbocycles. The zero-order valence-corrected chi connectivity index (χ0v) is 14.0. The van der Waals surface area contributed by atoms with Gasteiger partial charge in [-0.15, -0.1) is 5.10 Å². The number of amides is 1. The lowest BCUT2D eigenvalue weighted by atomic mass is 9.70. The highest BCUT2D eigenvalue weighted by atomic mass is 16.4. The quantitative estimate of drug-likeness (QED) is 0.873. The predicted octanol–water partition coefficient (Wildman–Crippen LogP) is 2.90. The van der Waals surface area contributed by atoms with Crippen LogP contribution in [0.4, 0.5) is 6.01 Å². The van der Waals surface area contributed by atoms with E-state index in [0.717, 1.165) is 32.4 Å². The molecule has 1 atom stereocenters. The molecule has 0 saturated carbocycles. The first-order valence-corrected chi connectivity index (χ1v) is 8.30. The fourth-order valence-electron chi connectivity index (χ4n) is 3.17. The van der Waals surface area contributed by atoms with Crippen LogP contribution in [-0.4, -0.2) is 34.1 Å². The van der Waals surface area contributed by atoms with Crippen molar-refractivity contribution in [3.8, 4) is 0 Å². The highest BCUT2D eigenvalue weighted by Crippen LogP contribution is 2.39. The second-order valence-electron chi connectivity index (χ2n) is 6.73. The molecule has 0 spiro atoms. The summed E-state index contributed by atoms with van der Waals surface area (Å²) < 4.78 is 5.11. The van der Waals surface area contributed by atoms with E-state index in [-0.39, 0.29) is 13.3 Å². The molecule has 1 amide bonds. The molecule has 1 aliphatic heterocycles. The van der Waals surface area contributed by atoms with E-state index in [1.807, 2.05) is 4.90 Å². The van der Waals surface area contributed by atoms with E-state index in [0.29, 0.717) is 30.1 Å². The maximum atomic E-state index is 12.3. The molecule has 2 rings (SSSR count). The SMILES string of the molecule is CCC(C)C1(C)CCN(C(=O)CCCc2nnc(N)o2)CC1.[HH]. The number of rotatable bonds is 6. The van der Waals surface area contributed by atoms with Crippen molar-refractivity contribution >= 4 is 11.9 Å². The third-order valence-electron chi connectivity index (χ3n) is 5.32. The predicted molar refractivity (Wildman–Crippen MR) is 87.1 cm³/mol. The van der Waals surface area contributed by atoms with Crippen LogP contribution < -0.4 is 5.73 Å². The average molecular weight is 310 g/mol. The second-order valence-corrected chi connectivity index (χ2v) is 6.73. The molecule has 126 valence electrons. The molecule has 1 saturated heterocycles. The number of likely N-dealkylation sites (tertiary alicyclic amines) is 1. The number of nitrogen functional groups attached to an aromatic ring is 1. The van der Waals surface area contributed by atoms with Gasteiger partial charge in [-0.25, -0.2) is 0 Å². The Bertz CT molecular complexity index is 498. The van der Waals surface area contributed by atoms with Gasteiger partial charge in [-0.1, -0.05) is 32.3 Å². The van der Waals surface area contributed by atoms with E-state index in [9.17, 15) is 4.79 Å². The fraction of sp³-hybridized carbons (Fsp3) is 0.812. The van der Waals surface area contributed by atoms with Gasteiger partial charge in [0.2, 0.25) is 11.8 Å². The highest BCUT2D eigenvalue weighted by molar-refractivity contribution is 5.76. The van der Waals surface area contributed by atoms with Crippen LogP contribution in [0.5, 0.6) is 0 Å². The third kappa shape index (κ3) is 3.99. The molecular formula is C16H30N4O2. The molecule has 1 fully saturated rings. The lowest BCUT2D eigenvalue weighted by molar-refractivity contribution is -0.134. The Balaban J connectivity index is 0.00000264. The van der Waals surface area contributed by atoms with E-state index in [2.05, 4.69) is 31.0 Å². The van der Waals surface area contributed by atoms with Crippen LogP contribution in [0.1, 0.15) is 60.2 Å². The van der Waals surface area contributed by atoms with E-state index < -0.39 is 0 Å². The molecule has 1 aliphatic rings. The maximum absolute atomic E-state index is 12.3. The Morgan fingerprint density at radius 3 is 2.68 bits per heavy atom. The minimum atomic E-state index is 0. The topological polar surface area (TPSA) is 85.2 Å². The number of carbonyl (C=O) groups is 1. The molecule has 2 N–H and O–H groups in total. The lowest BCUT2D eigenvalue weighted by Gasteiger charge is -2.43. The summed E-state index contributed by atoms with van der Waals surface area (Å²) in [5, 5.41) is 7.42. The number of aryl methyl sites for hydroxylation is 1. The molecule has 22 heavy (non-hydrogen) atoms. The number of hydrogen-bond acceptors (Lipinski definition) is 5. The molecule has 1 aromatic heterocycles. The van der Waals surface area contributed by atoms with E-state index >= 15 is 0 Å². The Kier molecular flexibility index (Phi) is 5.42. The van der Waals surface area contributed by atoms with E-state index in [4.69, 9.17) is 10.2 Å². The summed E-state index contributed by atoms with van der Waals surface area (Å²) in [4.78, 5) is 14.3. The van der Waals surface area contributed by atoms with E-state index in [1.54, 1.807) is 0 Å². The summed E-state index contributed by atoms with van der Waals surface area (Å²) in [5.41, 5.74) is 5.75. The fourth-order valence-corrected chi connectivity index (χ4v) is 3.17. The minimum absolute atomic E-state index is 0. The van der Waals surface area contributed by atoms with Gasteiger partial charge >= 0.3 is 6.01 Å². The minimum Gasteiger partial charge on any atom is -0.408 e. The van der Waals surface area contributed by atoms with Crippen LogP contribution in [0.25, 0.3) is 0 Å². The van der Waals surface area contributed by atoms with Gasteiger partial charge in [0.15, 0.2) is 0 Å². The summed E-state index contributed by atoms with van der Waals surface area (Å²) in [6.07, 6.45) is 5.27. The summed E-state index contributed by atoms with van der Waals surface area (Å²) in [6.45, 7) is 8.70. The van der Waals surface area contributed by atoms with Crippen LogP contribution in [0.15, 0.2) is 4.42 Å². The van der Waals surface area contributed by atoms with Gasteiger partial charge < -0.3 is 15.1 Å². The van der Waals surface area contributed by atoms with Crippen LogP contribution in [0.3, 0.4) is 0 Å². The molecule has 6 nitrogen and oxygen atoms in total. The number of nitrogens with two attached hydrogens (primary N) is 1. The Morgan fingerprint density at radius 1 is 1.45 bits per heavy atom. The Morgan fingerprint density at radius 2 is 2.14 bits per heavy atom. The van der Waals surface area contributed by atoms with Gasteiger partial charge in [0.05, 0.1) is 0 Å². The monoisotopic (exact) mass is 310 g/mol. The lowest BCUT2D eigenvalue weighted by Crippen LogP contribution is -2.44. The standard InChI is InChI=1S/C16H28N4O2.H2/c1-4-12(2)16(3)8-10-20(11-9-16)14(21)7-5-6-13-18-19-15(17)22-13;/h12H,4-11H2,1-3H3,(H2,17,19);1H. The molecule has 1 unspecified atom stereocenters. The first kappa shape index (κ1) is 16.8. The van der Waals surface area contributed by atoms with Gasteiger partial charge in [-0.3, -0.25) is 4.79 Å². The van der Waals surface area contributed by atoms with Crippen molar-refractivity contribution < 1.29 is 10.6 Å². The van der Waals surface area contributed by atoms with Crippen LogP contribution in [0, 0.1) is 11.3 Å². The second kappa shape index (κ2) is 7.11. The summed E-state index contributed by atoms with van der Waals surface area (Å²) >= 11 is 0. The van der Waals surface area contributed by atoms with Crippen molar-refractivity contribution in [2.75, 3.05) is 18.8 Å². The van der Waals surface area contributed by atoms with Gasteiger partial charge in [0.1, 0.15) is 0 Å². The number of aromatic nitrogens is 2. The third-order valence-corrected chi connectivity index (χ3v) is 5.32. The van der Waals surface area contributed by atoms with E-state index in [1.165, 1.54) is 6.42 Å². The largest absolute Gasteiger partial charge is 0.408 e. The van der Waals surface area contributed by atoms with Crippen LogP contribution >= 0.6 is 0 Å².